The Hall–Kier alpha value is -3.11. The van der Waals surface area contributed by atoms with Crippen LogP contribution >= 0.6 is 0 Å². The predicted octanol–water partition coefficient (Wildman–Crippen LogP) is 1.89. The third kappa shape index (κ3) is 5.94. The van der Waals surface area contributed by atoms with Crippen molar-refractivity contribution in [3.05, 3.63) is 53.6 Å². The summed E-state index contributed by atoms with van der Waals surface area (Å²) in [5, 5.41) is 2.56. The summed E-state index contributed by atoms with van der Waals surface area (Å²) in [5.74, 6) is -0.772. The molecule has 0 saturated carbocycles. The zero-order valence-corrected chi connectivity index (χ0v) is 18.0. The highest BCUT2D eigenvalue weighted by atomic mass is 32.2. The van der Waals surface area contributed by atoms with E-state index in [0.717, 1.165) is 16.1 Å². The highest BCUT2D eigenvalue weighted by Crippen LogP contribution is 2.33. The molecule has 0 fully saturated rings. The molecular weight excluding hydrogens is 412 g/mol. The van der Waals surface area contributed by atoms with Gasteiger partial charge < -0.3 is 19.5 Å². The number of rotatable bonds is 9. The number of benzene rings is 2. The molecule has 30 heavy (non-hydrogen) atoms. The number of amides is 1. The van der Waals surface area contributed by atoms with Gasteiger partial charge in [0, 0.05) is 18.7 Å². The number of hydrogen-bond donors (Lipinski definition) is 1. The molecule has 0 aliphatic carbocycles. The highest BCUT2D eigenvalue weighted by molar-refractivity contribution is 7.88. The lowest BCUT2D eigenvalue weighted by Gasteiger charge is -2.20. The Kier molecular flexibility index (Phi) is 7.79. The lowest BCUT2D eigenvalue weighted by atomic mass is 10.1. The van der Waals surface area contributed by atoms with E-state index in [1.165, 1.54) is 33.5 Å². The number of hydrogen-bond acceptors (Lipinski definition) is 7. The lowest BCUT2D eigenvalue weighted by Crippen LogP contribution is -2.37. The van der Waals surface area contributed by atoms with Crippen molar-refractivity contribution >= 4 is 27.6 Å². The molecule has 162 valence electrons. The van der Waals surface area contributed by atoms with Crippen LogP contribution in [0.3, 0.4) is 0 Å². The van der Waals surface area contributed by atoms with Crippen molar-refractivity contribution < 1.29 is 32.2 Å². The molecule has 2 rings (SSSR count). The Morgan fingerprint density at radius 1 is 1.00 bits per heavy atom. The maximum absolute atomic E-state index is 12.6. The van der Waals surface area contributed by atoms with Crippen molar-refractivity contribution in [2.45, 2.75) is 6.54 Å². The molecule has 1 amide bonds. The van der Waals surface area contributed by atoms with Crippen molar-refractivity contribution in [2.24, 2.45) is 0 Å². The van der Waals surface area contributed by atoms with Gasteiger partial charge in [-0.2, -0.15) is 4.31 Å². The minimum Gasteiger partial charge on any atom is -0.493 e. The van der Waals surface area contributed by atoms with E-state index in [2.05, 4.69) is 5.32 Å². The molecule has 2 aromatic carbocycles. The smallest absolute Gasteiger partial charge is 0.340 e. The lowest BCUT2D eigenvalue weighted by molar-refractivity contribution is -0.116. The van der Waals surface area contributed by atoms with E-state index in [1.807, 2.05) is 6.07 Å². The van der Waals surface area contributed by atoms with Crippen LogP contribution < -0.4 is 14.8 Å². The third-order valence-corrected chi connectivity index (χ3v) is 5.39. The molecule has 0 atom stereocenters. The summed E-state index contributed by atoms with van der Waals surface area (Å²) in [6.07, 6.45) is 1.03. The Balaban J connectivity index is 2.29. The maximum Gasteiger partial charge on any atom is 0.340 e. The Morgan fingerprint density at radius 2 is 1.60 bits per heavy atom. The van der Waals surface area contributed by atoms with Gasteiger partial charge in [-0.05, 0) is 5.56 Å². The summed E-state index contributed by atoms with van der Waals surface area (Å²) in [6, 6.07) is 11.7. The number of nitrogens with zero attached hydrogens (tertiary/aromatic N) is 1. The van der Waals surface area contributed by atoms with Crippen LogP contribution in [0.5, 0.6) is 11.5 Å². The molecule has 1 N–H and O–H groups in total. The maximum atomic E-state index is 12.6. The quantitative estimate of drug-likeness (QED) is 0.598. The van der Waals surface area contributed by atoms with Crippen LogP contribution in [0.4, 0.5) is 5.69 Å². The number of ether oxygens (including phenoxy) is 3. The second-order valence-corrected chi connectivity index (χ2v) is 8.29. The van der Waals surface area contributed by atoms with E-state index >= 15 is 0 Å². The second kappa shape index (κ2) is 10.1. The molecule has 0 aliphatic heterocycles. The number of nitrogens with one attached hydrogen (secondary N) is 1. The summed E-state index contributed by atoms with van der Waals surface area (Å²) < 4.78 is 40.5. The van der Waals surface area contributed by atoms with Gasteiger partial charge in [-0.25, -0.2) is 13.2 Å². The number of methoxy groups -OCH3 is 3. The molecule has 0 bridgehead atoms. The van der Waals surface area contributed by atoms with Crippen LogP contribution in [0.25, 0.3) is 0 Å². The number of esters is 1. The van der Waals surface area contributed by atoms with Gasteiger partial charge in [-0.1, -0.05) is 30.3 Å². The number of anilines is 1. The molecule has 9 nitrogen and oxygen atoms in total. The fraction of sp³-hybridized carbons (Fsp3) is 0.300. The first-order valence-electron chi connectivity index (χ1n) is 8.82. The van der Waals surface area contributed by atoms with Crippen LogP contribution in [0.15, 0.2) is 42.5 Å². The number of carbonyl (C=O) groups is 2. The van der Waals surface area contributed by atoms with Gasteiger partial charge in [0.25, 0.3) is 0 Å². The Bertz CT molecular complexity index is 1010. The fourth-order valence-corrected chi connectivity index (χ4v) is 3.42. The summed E-state index contributed by atoms with van der Waals surface area (Å²) >= 11 is 0. The standard InChI is InChI=1S/C20H24N2O7S/c1-27-17-10-15(20(24)29-3)16(11-18(17)28-2)21-19(23)13-22(30(4,25)26)12-14-8-6-5-7-9-14/h5-11H,12-13H2,1-4H3,(H,21,23). The van der Waals surface area contributed by atoms with E-state index < -0.39 is 28.4 Å². The van der Waals surface area contributed by atoms with Gasteiger partial charge in [-0.3, -0.25) is 4.79 Å². The molecule has 0 heterocycles. The topological polar surface area (TPSA) is 111 Å². The van der Waals surface area contributed by atoms with Gasteiger partial charge in [0.1, 0.15) is 0 Å². The molecule has 0 radical (unpaired) electrons. The molecule has 10 heteroatoms. The number of sulfonamides is 1. The van der Waals surface area contributed by atoms with Crippen molar-refractivity contribution in [3.63, 3.8) is 0 Å². The van der Waals surface area contributed by atoms with Crippen molar-refractivity contribution in [1.29, 1.82) is 0 Å². The van der Waals surface area contributed by atoms with Gasteiger partial charge in [0.2, 0.25) is 15.9 Å². The average molecular weight is 436 g/mol. The number of carbonyl (C=O) groups excluding carboxylic acids is 2. The minimum atomic E-state index is -3.67. The summed E-state index contributed by atoms with van der Waals surface area (Å²) in [5.41, 5.74) is 0.882. The predicted molar refractivity (Wildman–Crippen MR) is 111 cm³/mol. The van der Waals surface area contributed by atoms with Gasteiger partial charge in [0.05, 0.1) is 45.4 Å². The highest BCUT2D eigenvalue weighted by Gasteiger charge is 2.23. The first-order valence-corrected chi connectivity index (χ1v) is 10.7. The van der Waals surface area contributed by atoms with E-state index in [4.69, 9.17) is 14.2 Å². The first kappa shape index (κ1) is 23.2. The second-order valence-electron chi connectivity index (χ2n) is 6.31. The molecule has 0 saturated heterocycles. The van der Waals surface area contributed by atoms with Crippen LogP contribution in [0.1, 0.15) is 15.9 Å². The van der Waals surface area contributed by atoms with Gasteiger partial charge in [-0.15, -0.1) is 0 Å². The average Bonchev–Trinajstić information content (AvgIpc) is 2.72. The van der Waals surface area contributed by atoms with Crippen molar-refractivity contribution in [3.8, 4) is 11.5 Å². The SMILES string of the molecule is COC(=O)c1cc(OC)c(OC)cc1NC(=O)CN(Cc1ccccc1)S(C)(=O)=O. The third-order valence-electron chi connectivity index (χ3n) is 4.19. The van der Waals surface area contributed by atoms with Gasteiger partial charge in [0.15, 0.2) is 11.5 Å². The normalized spacial score (nSPS) is 11.1. The zero-order valence-electron chi connectivity index (χ0n) is 17.2. The molecule has 0 spiro atoms. The minimum absolute atomic E-state index is 0.0306. The van der Waals surface area contributed by atoms with Crippen molar-refractivity contribution in [1.82, 2.24) is 4.31 Å². The van der Waals surface area contributed by atoms with Crippen molar-refractivity contribution in [2.75, 3.05) is 39.4 Å². The van der Waals surface area contributed by atoms with Crippen LogP contribution in [-0.4, -0.2) is 58.7 Å². The summed E-state index contributed by atoms with van der Waals surface area (Å²) in [7, 11) is 0.352. The molecule has 0 aromatic heterocycles. The van der Waals surface area contributed by atoms with E-state index in [9.17, 15) is 18.0 Å². The van der Waals surface area contributed by atoms with Crippen LogP contribution in [-0.2, 0) is 26.1 Å². The fourth-order valence-electron chi connectivity index (χ4n) is 2.69. The Labute approximate surface area is 175 Å². The summed E-state index contributed by atoms with van der Waals surface area (Å²) in [6.45, 7) is -0.411. The molecule has 0 aliphatic rings. The van der Waals surface area contributed by atoms with E-state index in [1.54, 1.807) is 24.3 Å². The molecule has 2 aromatic rings. The monoisotopic (exact) mass is 436 g/mol. The Morgan fingerprint density at radius 3 is 2.13 bits per heavy atom. The first-order chi connectivity index (χ1) is 14.2. The summed E-state index contributed by atoms with van der Waals surface area (Å²) in [4.78, 5) is 24.8. The largest absolute Gasteiger partial charge is 0.493 e. The zero-order chi connectivity index (χ0) is 22.3. The van der Waals surface area contributed by atoms with Gasteiger partial charge >= 0.3 is 5.97 Å². The van der Waals surface area contributed by atoms with Crippen LogP contribution in [0, 0.1) is 0 Å². The molecule has 0 unspecified atom stereocenters. The van der Waals surface area contributed by atoms with E-state index in [0.29, 0.717) is 0 Å². The molecular formula is C20H24N2O7S. The van der Waals surface area contributed by atoms with E-state index in [-0.39, 0.29) is 29.3 Å². The van der Waals surface area contributed by atoms with Crippen LogP contribution in [0.2, 0.25) is 0 Å².